The first kappa shape index (κ1) is 24.1. The molecule has 1 saturated heterocycles. The predicted molar refractivity (Wildman–Crippen MR) is 126 cm³/mol. The van der Waals surface area contributed by atoms with Crippen LogP contribution in [0.25, 0.3) is 0 Å². The second-order valence-electron chi connectivity index (χ2n) is 8.49. The van der Waals surface area contributed by atoms with Crippen LogP contribution in [0.4, 0.5) is 5.69 Å². The van der Waals surface area contributed by atoms with Gasteiger partial charge in [0.1, 0.15) is 18.1 Å². The van der Waals surface area contributed by atoms with E-state index in [4.69, 9.17) is 9.47 Å². The Labute approximate surface area is 199 Å². The van der Waals surface area contributed by atoms with Crippen molar-refractivity contribution in [1.82, 2.24) is 14.6 Å². The normalized spacial score (nSPS) is 15.8. The lowest BCUT2D eigenvalue weighted by atomic mass is 10.1. The quantitative estimate of drug-likeness (QED) is 0.546. The maximum Gasteiger partial charge on any atom is 0.257 e. The molecule has 10 nitrogen and oxygen atoms in total. The second kappa shape index (κ2) is 10.1. The summed E-state index contributed by atoms with van der Waals surface area (Å²) in [6.45, 7) is 5.37. The highest BCUT2D eigenvalue weighted by Crippen LogP contribution is 2.32. The predicted octanol–water partition coefficient (Wildman–Crippen LogP) is 2.34. The average Bonchev–Trinajstić information content (AvgIpc) is 3.13. The van der Waals surface area contributed by atoms with Crippen LogP contribution in [0.2, 0.25) is 0 Å². The number of likely N-dealkylation sites (tertiary alicyclic amines) is 1. The summed E-state index contributed by atoms with van der Waals surface area (Å²) in [6, 6.07) is 5.08. The Morgan fingerprint density at radius 3 is 2.47 bits per heavy atom. The van der Waals surface area contributed by atoms with Gasteiger partial charge in [-0.05, 0) is 45.2 Å². The lowest BCUT2D eigenvalue weighted by Crippen LogP contribution is -2.37. The SMILES string of the molecule is Cc1[nH]c(C)c(S(=O)(=O)NCCC(=O)Nc2ccc3c(c2)OCCO3)c1C(=O)N1CCCCC1. The minimum absolute atomic E-state index is 0.0483. The Bertz CT molecular complexity index is 1180. The minimum Gasteiger partial charge on any atom is -0.486 e. The molecule has 0 radical (unpaired) electrons. The number of aromatic amines is 1. The fraction of sp³-hybridized carbons (Fsp3) is 0.478. The van der Waals surface area contributed by atoms with Crippen LogP contribution in [0.1, 0.15) is 47.4 Å². The van der Waals surface area contributed by atoms with E-state index < -0.39 is 10.0 Å². The zero-order valence-corrected chi connectivity index (χ0v) is 20.2. The highest BCUT2D eigenvalue weighted by molar-refractivity contribution is 7.89. The van der Waals surface area contributed by atoms with Crippen LogP contribution < -0.4 is 19.5 Å². The van der Waals surface area contributed by atoms with E-state index in [1.165, 1.54) is 0 Å². The van der Waals surface area contributed by atoms with Crippen LogP contribution in [0.3, 0.4) is 0 Å². The number of benzene rings is 1. The standard InChI is InChI=1S/C23H30N4O6S/c1-15-21(23(29)27-10-4-3-5-11-27)22(16(2)25-15)34(30,31)24-9-8-20(28)26-17-6-7-18-19(14-17)33-13-12-32-18/h6-7,14,24-25H,3-5,8-13H2,1-2H3,(H,26,28). The van der Waals surface area contributed by atoms with E-state index in [0.717, 1.165) is 19.3 Å². The monoisotopic (exact) mass is 490 g/mol. The number of sulfonamides is 1. The summed E-state index contributed by atoms with van der Waals surface area (Å²) >= 11 is 0. The Kier molecular flexibility index (Phi) is 7.13. The summed E-state index contributed by atoms with van der Waals surface area (Å²) in [7, 11) is -4.01. The van der Waals surface area contributed by atoms with Gasteiger partial charge in [0.25, 0.3) is 5.91 Å². The van der Waals surface area contributed by atoms with Gasteiger partial charge in [0.05, 0.1) is 5.56 Å². The summed E-state index contributed by atoms with van der Waals surface area (Å²) in [5.41, 5.74) is 1.62. The number of aryl methyl sites for hydroxylation is 2. The molecule has 0 atom stereocenters. The zero-order chi connectivity index (χ0) is 24.3. The van der Waals surface area contributed by atoms with Gasteiger partial charge in [0, 0.05) is 49.2 Å². The van der Waals surface area contributed by atoms with Crippen LogP contribution in [0.15, 0.2) is 23.1 Å². The van der Waals surface area contributed by atoms with E-state index in [2.05, 4.69) is 15.0 Å². The van der Waals surface area contributed by atoms with Gasteiger partial charge < -0.3 is 24.7 Å². The number of anilines is 1. The molecule has 1 aromatic heterocycles. The van der Waals surface area contributed by atoms with Crippen molar-refractivity contribution in [3.63, 3.8) is 0 Å². The molecule has 0 aliphatic carbocycles. The number of carbonyl (C=O) groups is 2. The number of amides is 2. The molecule has 0 bridgehead atoms. The molecule has 2 aliphatic rings. The topological polar surface area (TPSA) is 130 Å². The van der Waals surface area contributed by atoms with Gasteiger partial charge in [-0.25, -0.2) is 13.1 Å². The van der Waals surface area contributed by atoms with Crippen molar-refractivity contribution >= 4 is 27.5 Å². The van der Waals surface area contributed by atoms with Gasteiger partial charge in [-0.2, -0.15) is 0 Å². The van der Waals surface area contributed by atoms with Crippen LogP contribution >= 0.6 is 0 Å². The molecule has 3 N–H and O–H groups in total. The van der Waals surface area contributed by atoms with E-state index >= 15 is 0 Å². The van der Waals surface area contributed by atoms with E-state index in [1.54, 1.807) is 36.9 Å². The highest BCUT2D eigenvalue weighted by Gasteiger charge is 2.31. The molecular formula is C23H30N4O6S. The molecule has 4 rings (SSSR count). The van der Waals surface area contributed by atoms with Crippen LogP contribution in [0.5, 0.6) is 11.5 Å². The Balaban J connectivity index is 1.39. The summed E-state index contributed by atoms with van der Waals surface area (Å²) in [6.07, 6.45) is 2.81. The summed E-state index contributed by atoms with van der Waals surface area (Å²) in [4.78, 5) is 30.1. The number of hydrogen-bond acceptors (Lipinski definition) is 6. The molecule has 11 heteroatoms. The van der Waals surface area contributed by atoms with Crippen molar-refractivity contribution in [2.75, 3.05) is 38.2 Å². The minimum atomic E-state index is -4.01. The fourth-order valence-electron chi connectivity index (χ4n) is 4.32. The maximum atomic E-state index is 13.1. The smallest absolute Gasteiger partial charge is 0.257 e. The average molecular weight is 491 g/mol. The summed E-state index contributed by atoms with van der Waals surface area (Å²) in [5, 5.41) is 2.73. The molecule has 0 unspecified atom stereocenters. The molecule has 0 saturated carbocycles. The molecule has 184 valence electrons. The number of nitrogens with zero attached hydrogens (tertiary/aromatic N) is 1. The van der Waals surface area contributed by atoms with Crippen LogP contribution in [-0.2, 0) is 14.8 Å². The number of carbonyl (C=O) groups excluding carboxylic acids is 2. The maximum absolute atomic E-state index is 13.1. The molecule has 1 aromatic carbocycles. The third-order valence-electron chi connectivity index (χ3n) is 5.91. The van der Waals surface area contributed by atoms with Gasteiger partial charge in [0.2, 0.25) is 15.9 Å². The Hall–Kier alpha value is -3.05. The van der Waals surface area contributed by atoms with Crippen molar-refractivity contribution in [2.45, 2.75) is 44.4 Å². The number of aromatic nitrogens is 1. The van der Waals surface area contributed by atoms with Gasteiger partial charge in [0.15, 0.2) is 11.5 Å². The van der Waals surface area contributed by atoms with Gasteiger partial charge in [-0.15, -0.1) is 0 Å². The Morgan fingerprint density at radius 2 is 1.74 bits per heavy atom. The van der Waals surface area contributed by atoms with Gasteiger partial charge in [-0.3, -0.25) is 9.59 Å². The number of H-pyrrole nitrogens is 1. The van der Waals surface area contributed by atoms with E-state index in [-0.39, 0.29) is 35.2 Å². The summed E-state index contributed by atoms with van der Waals surface area (Å²) < 4.78 is 39.7. The molecule has 0 spiro atoms. The van der Waals surface area contributed by atoms with Crippen molar-refractivity contribution in [2.24, 2.45) is 0 Å². The molecule has 34 heavy (non-hydrogen) atoms. The first-order valence-electron chi connectivity index (χ1n) is 11.4. The van der Waals surface area contributed by atoms with E-state index in [9.17, 15) is 18.0 Å². The molecule has 3 heterocycles. The number of fused-ring (bicyclic) bond motifs is 1. The highest BCUT2D eigenvalue weighted by atomic mass is 32.2. The van der Waals surface area contributed by atoms with Crippen molar-refractivity contribution in [3.8, 4) is 11.5 Å². The second-order valence-corrected chi connectivity index (χ2v) is 10.2. The Morgan fingerprint density at radius 1 is 1.03 bits per heavy atom. The molecule has 2 aliphatic heterocycles. The largest absolute Gasteiger partial charge is 0.486 e. The third kappa shape index (κ3) is 5.20. The van der Waals surface area contributed by atoms with Crippen LogP contribution in [-0.4, -0.2) is 63.0 Å². The summed E-state index contributed by atoms with van der Waals surface area (Å²) in [5.74, 6) is 0.530. The number of nitrogens with one attached hydrogen (secondary N) is 3. The molecule has 2 aromatic rings. The third-order valence-corrected chi connectivity index (χ3v) is 7.55. The van der Waals surface area contributed by atoms with Crippen LogP contribution in [0, 0.1) is 13.8 Å². The fourth-order valence-corrected chi connectivity index (χ4v) is 5.80. The van der Waals surface area contributed by atoms with Crippen molar-refractivity contribution < 1.29 is 27.5 Å². The number of piperidine rings is 1. The van der Waals surface area contributed by atoms with Gasteiger partial charge in [-0.1, -0.05) is 0 Å². The number of ether oxygens (including phenoxy) is 2. The number of hydrogen-bond donors (Lipinski definition) is 3. The lowest BCUT2D eigenvalue weighted by molar-refractivity contribution is -0.116. The van der Waals surface area contributed by atoms with E-state index in [0.29, 0.717) is 54.9 Å². The zero-order valence-electron chi connectivity index (χ0n) is 19.4. The lowest BCUT2D eigenvalue weighted by Gasteiger charge is -2.27. The molecule has 1 fully saturated rings. The molecular weight excluding hydrogens is 460 g/mol. The van der Waals surface area contributed by atoms with Crippen molar-refractivity contribution in [1.29, 1.82) is 0 Å². The molecule has 2 amide bonds. The van der Waals surface area contributed by atoms with Gasteiger partial charge >= 0.3 is 0 Å². The number of rotatable bonds is 7. The van der Waals surface area contributed by atoms with E-state index in [1.807, 2.05) is 0 Å². The first-order chi connectivity index (χ1) is 16.3. The first-order valence-corrected chi connectivity index (χ1v) is 12.9. The van der Waals surface area contributed by atoms with Crippen molar-refractivity contribution in [3.05, 3.63) is 35.2 Å².